The molecule has 0 radical (unpaired) electrons. The molecule has 1 saturated heterocycles. The van der Waals surface area contributed by atoms with E-state index in [4.69, 9.17) is 13.9 Å². The van der Waals surface area contributed by atoms with E-state index in [-0.39, 0.29) is 12.0 Å². The number of fused-ring (bicyclic) bond motifs is 1. The van der Waals surface area contributed by atoms with E-state index in [0.717, 1.165) is 36.3 Å². The van der Waals surface area contributed by atoms with Gasteiger partial charge in [0.05, 0.1) is 13.2 Å². The highest BCUT2D eigenvalue weighted by Crippen LogP contribution is 2.21. The minimum absolute atomic E-state index is 0.124. The molecule has 2 aromatic carbocycles. The number of nitrogens with zero attached hydrogens (tertiary/aromatic N) is 1. The summed E-state index contributed by atoms with van der Waals surface area (Å²) in [5, 5.41) is 2.93. The molecule has 4 rings (SSSR count). The molecule has 2 heterocycles. The van der Waals surface area contributed by atoms with Crippen LogP contribution in [0.1, 0.15) is 34.7 Å². The molecule has 1 aromatic heterocycles. The van der Waals surface area contributed by atoms with Crippen LogP contribution in [-0.4, -0.2) is 37.3 Å². The smallest absolute Gasteiger partial charge is 0.251 e. The van der Waals surface area contributed by atoms with E-state index in [1.54, 1.807) is 19.2 Å². The number of carbonyl (C=O) groups is 1. The second-order valence-corrected chi connectivity index (χ2v) is 6.66. The lowest BCUT2D eigenvalue weighted by atomic mass is 10.1. The highest BCUT2D eigenvalue weighted by molar-refractivity contribution is 5.97. The number of ether oxygens (including phenoxy) is 2. The fourth-order valence-corrected chi connectivity index (χ4v) is 3.22. The minimum atomic E-state index is -0.125. The number of nitrogens with one attached hydrogen (secondary N) is 1. The van der Waals surface area contributed by atoms with Crippen LogP contribution in [-0.2, 0) is 11.2 Å². The summed E-state index contributed by atoms with van der Waals surface area (Å²) in [5.74, 6) is 1.31. The van der Waals surface area contributed by atoms with Gasteiger partial charge in [0.15, 0.2) is 11.5 Å². The van der Waals surface area contributed by atoms with Crippen LogP contribution < -0.4 is 10.1 Å². The van der Waals surface area contributed by atoms with Crippen LogP contribution in [0, 0.1) is 0 Å². The fraction of sp³-hybridized carbons (Fsp3) is 0.333. The van der Waals surface area contributed by atoms with Gasteiger partial charge in [-0.05, 0) is 48.7 Å². The maximum Gasteiger partial charge on any atom is 0.251 e. The Hall–Kier alpha value is -2.86. The summed E-state index contributed by atoms with van der Waals surface area (Å²) >= 11 is 0. The summed E-state index contributed by atoms with van der Waals surface area (Å²) in [7, 11) is 1.64. The number of oxazole rings is 1. The van der Waals surface area contributed by atoms with Crippen molar-refractivity contribution in [1.82, 2.24) is 10.3 Å². The lowest BCUT2D eigenvalue weighted by Gasteiger charge is -2.10. The summed E-state index contributed by atoms with van der Waals surface area (Å²) in [4.78, 5) is 16.9. The zero-order valence-electron chi connectivity index (χ0n) is 15.2. The van der Waals surface area contributed by atoms with E-state index < -0.39 is 0 Å². The molecule has 0 spiro atoms. The van der Waals surface area contributed by atoms with Crippen molar-refractivity contribution < 1.29 is 18.7 Å². The van der Waals surface area contributed by atoms with Gasteiger partial charge in [0, 0.05) is 25.1 Å². The summed E-state index contributed by atoms with van der Waals surface area (Å²) < 4.78 is 16.6. The molecule has 6 nitrogen and oxygen atoms in total. The third-order valence-electron chi connectivity index (χ3n) is 4.72. The normalized spacial score (nSPS) is 16.6. The van der Waals surface area contributed by atoms with Crippen molar-refractivity contribution in [2.45, 2.75) is 25.4 Å². The van der Waals surface area contributed by atoms with Gasteiger partial charge in [-0.1, -0.05) is 12.1 Å². The number of aromatic nitrogens is 1. The predicted molar refractivity (Wildman–Crippen MR) is 101 cm³/mol. The van der Waals surface area contributed by atoms with Crippen LogP contribution >= 0.6 is 0 Å². The number of benzene rings is 2. The Morgan fingerprint density at radius 3 is 2.85 bits per heavy atom. The second kappa shape index (κ2) is 7.80. The largest absolute Gasteiger partial charge is 0.497 e. The van der Waals surface area contributed by atoms with Crippen molar-refractivity contribution in [2.24, 2.45) is 0 Å². The molecule has 6 heteroatoms. The third kappa shape index (κ3) is 4.11. The average Bonchev–Trinajstić information content (AvgIpc) is 3.35. The first kappa shape index (κ1) is 17.5. The number of hydrogen-bond acceptors (Lipinski definition) is 5. The maximum absolute atomic E-state index is 12.4. The number of hydrogen-bond donors (Lipinski definition) is 1. The third-order valence-corrected chi connectivity index (χ3v) is 4.72. The Balaban J connectivity index is 1.44. The highest BCUT2D eigenvalue weighted by atomic mass is 16.5. The first-order chi connectivity index (χ1) is 13.2. The number of rotatable bonds is 6. The van der Waals surface area contributed by atoms with E-state index in [1.807, 2.05) is 30.3 Å². The van der Waals surface area contributed by atoms with Gasteiger partial charge >= 0.3 is 0 Å². The molecule has 1 amide bonds. The van der Waals surface area contributed by atoms with Crippen LogP contribution in [0.4, 0.5) is 0 Å². The van der Waals surface area contributed by atoms with Crippen LogP contribution in [0.5, 0.6) is 5.75 Å². The van der Waals surface area contributed by atoms with Gasteiger partial charge in [-0.2, -0.15) is 0 Å². The van der Waals surface area contributed by atoms with Gasteiger partial charge in [-0.15, -0.1) is 0 Å². The molecule has 27 heavy (non-hydrogen) atoms. The molecular formula is C21H22N2O4. The Bertz CT molecular complexity index is 927. The molecule has 0 unspecified atom stereocenters. The number of amides is 1. The van der Waals surface area contributed by atoms with Crippen LogP contribution in [0.2, 0.25) is 0 Å². The molecule has 1 N–H and O–H groups in total. The van der Waals surface area contributed by atoms with Crippen LogP contribution in [0.3, 0.4) is 0 Å². The lowest BCUT2D eigenvalue weighted by molar-refractivity contribution is 0.0858. The molecule has 1 atom stereocenters. The number of carbonyl (C=O) groups excluding carboxylic acids is 1. The van der Waals surface area contributed by atoms with Gasteiger partial charge in [-0.25, -0.2) is 4.98 Å². The van der Waals surface area contributed by atoms with E-state index in [9.17, 15) is 4.79 Å². The standard InChI is InChI=1S/C21H22N2O4/c1-25-16-7-4-14(5-8-16)11-20-23-18-9-6-15(12-19(18)27-20)21(24)22-13-17-3-2-10-26-17/h4-9,12,17H,2-3,10-11,13H2,1H3,(H,22,24)/t17-/m0/s1. The van der Waals surface area contributed by atoms with Crippen molar-refractivity contribution >= 4 is 17.0 Å². The first-order valence-corrected chi connectivity index (χ1v) is 9.13. The highest BCUT2D eigenvalue weighted by Gasteiger charge is 2.17. The van der Waals surface area contributed by atoms with Gasteiger partial charge < -0.3 is 19.2 Å². The van der Waals surface area contributed by atoms with Gasteiger partial charge in [-0.3, -0.25) is 4.79 Å². The monoisotopic (exact) mass is 366 g/mol. The zero-order chi connectivity index (χ0) is 18.6. The molecule has 1 aliphatic rings. The first-order valence-electron chi connectivity index (χ1n) is 9.13. The topological polar surface area (TPSA) is 73.6 Å². The van der Waals surface area contributed by atoms with Gasteiger partial charge in [0.2, 0.25) is 0 Å². The Labute approximate surface area is 157 Å². The molecule has 1 fully saturated rings. The molecule has 0 saturated carbocycles. The Morgan fingerprint density at radius 1 is 1.26 bits per heavy atom. The minimum Gasteiger partial charge on any atom is -0.497 e. The second-order valence-electron chi connectivity index (χ2n) is 6.66. The van der Waals surface area contributed by atoms with E-state index in [1.165, 1.54) is 0 Å². The molecule has 140 valence electrons. The molecule has 0 bridgehead atoms. The summed E-state index contributed by atoms with van der Waals surface area (Å²) in [6.45, 7) is 1.32. The molecule has 1 aliphatic heterocycles. The van der Waals surface area contributed by atoms with Gasteiger partial charge in [0.25, 0.3) is 5.91 Å². The van der Waals surface area contributed by atoms with Crippen LogP contribution in [0.15, 0.2) is 46.9 Å². The predicted octanol–water partition coefficient (Wildman–Crippen LogP) is 3.34. The van der Waals surface area contributed by atoms with E-state index in [2.05, 4.69) is 10.3 Å². The maximum atomic E-state index is 12.4. The summed E-state index contributed by atoms with van der Waals surface area (Å²) in [6.07, 6.45) is 2.76. The van der Waals surface area contributed by atoms with E-state index >= 15 is 0 Å². The molecular weight excluding hydrogens is 344 g/mol. The summed E-state index contributed by atoms with van der Waals surface area (Å²) in [6, 6.07) is 13.1. The van der Waals surface area contributed by atoms with Crippen molar-refractivity contribution in [3.63, 3.8) is 0 Å². The Morgan fingerprint density at radius 2 is 2.11 bits per heavy atom. The quantitative estimate of drug-likeness (QED) is 0.724. The zero-order valence-corrected chi connectivity index (χ0v) is 15.2. The van der Waals surface area contributed by atoms with Crippen molar-refractivity contribution in [2.75, 3.05) is 20.3 Å². The van der Waals surface area contributed by atoms with E-state index in [0.29, 0.717) is 30.0 Å². The number of methoxy groups -OCH3 is 1. The lowest BCUT2D eigenvalue weighted by Crippen LogP contribution is -2.31. The van der Waals surface area contributed by atoms with Crippen LogP contribution in [0.25, 0.3) is 11.1 Å². The van der Waals surface area contributed by atoms with Crippen molar-refractivity contribution in [3.8, 4) is 5.75 Å². The molecule has 3 aromatic rings. The Kier molecular flexibility index (Phi) is 5.07. The fourth-order valence-electron chi connectivity index (χ4n) is 3.22. The summed E-state index contributed by atoms with van der Waals surface area (Å²) in [5.41, 5.74) is 3.00. The average molecular weight is 366 g/mol. The molecule has 0 aliphatic carbocycles. The SMILES string of the molecule is COc1ccc(Cc2nc3ccc(C(=O)NC[C@@H]4CCCO4)cc3o2)cc1. The van der Waals surface area contributed by atoms with Gasteiger partial charge in [0.1, 0.15) is 11.3 Å². The van der Waals surface area contributed by atoms with Crippen molar-refractivity contribution in [3.05, 3.63) is 59.5 Å². The van der Waals surface area contributed by atoms with Crippen molar-refractivity contribution in [1.29, 1.82) is 0 Å².